The number of nitriles is 1. The van der Waals surface area contributed by atoms with Crippen molar-refractivity contribution in [2.24, 2.45) is 0 Å². The van der Waals surface area contributed by atoms with E-state index in [1.165, 1.54) is 0 Å². The van der Waals surface area contributed by atoms with Crippen molar-refractivity contribution in [1.82, 2.24) is 9.88 Å². The molecule has 1 aliphatic heterocycles. The van der Waals surface area contributed by atoms with E-state index >= 15 is 0 Å². The van der Waals surface area contributed by atoms with Gasteiger partial charge in [0.25, 0.3) is 0 Å². The van der Waals surface area contributed by atoms with E-state index in [0.717, 1.165) is 25.1 Å². The zero-order chi connectivity index (χ0) is 14.5. The summed E-state index contributed by atoms with van der Waals surface area (Å²) < 4.78 is 0. The summed E-state index contributed by atoms with van der Waals surface area (Å²) >= 11 is 0. The maximum absolute atomic E-state index is 10.8. The minimum Gasteiger partial charge on any atom is -0.480 e. The van der Waals surface area contributed by atoms with E-state index in [1.54, 1.807) is 6.20 Å². The van der Waals surface area contributed by atoms with Gasteiger partial charge in [0, 0.05) is 32.4 Å². The molecular formula is C14H18N4O2. The number of anilines is 1. The van der Waals surface area contributed by atoms with Crippen molar-refractivity contribution in [2.75, 3.05) is 37.6 Å². The molecule has 1 aromatic heterocycles. The first-order chi connectivity index (χ1) is 9.61. The minimum absolute atomic E-state index is 0.0696. The highest BCUT2D eigenvalue weighted by atomic mass is 16.4. The van der Waals surface area contributed by atoms with Gasteiger partial charge in [-0.25, -0.2) is 4.98 Å². The lowest BCUT2D eigenvalue weighted by Gasteiger charge is -2.23. The Kier molecular flexibility index (Phi) is 4.53. The van der Waals surface area contributed by atoms with Crippen LogP contribution in [0.1, 0.15) is 17.5 Å². The fourth-order valence-corrected chi connectivity index (χ4v) is 2.45. The number of nitrogens with zero attached hydrogens (tertiary/aromatic N) is 4. The summed E-state index contributed by atoms with van der Waals surface area (Å²) in [6.45, 7) is 4.89. The SMILES string of the molecule is Cc1ccnc(N2CCCN(CC(=O)O)CC2)c1C#N. The van der Waals surface area contributed by atoms with Gasteiger partial charge in [-0.1, -0.05) is 0 Å². The second kappa shape index (κ2) is 6.35. The zero-order valence-corrected chi connectivity index (χ0v) is 11.5. The van der Waals surface area contributed by atoms with Crippen LogP contribution < -0.4 is 4.90 Å². The van der Waals surface area contributed by atoms with Crippen molar-refractivity contribution < 1.29 is 9.90 Å². The number of carbonyl (C=O) groups is 1. The van der Waals surface area contributed by atoms with Crippen LogP contribution in [0.4, 0.5) is 5.82 Å². The third-order valence-electron chi connectivity index (χ3n) is 3.50. The van der Waals surface area contributed by atoms with Gasteiger partial charge in [0.05, 0.1) is 12.1 Å². The van der Waals surface area contributed by atoms with Crippen LogP contribution >= 0.6 is 0 Å². The molecule has 0 radical (unpaired) electrons. The zero-order valence-electron chi connectivity index (χ0n) is 11.5. The van der Waals surface area contributed by atoms with E-state index in [2.05, 4.69) is 16.0 Å². The van der Waals surface area contributed by atoms with Crippen molar-refractivity contribution in [3.63, 3.8) is 0 Å². The number of rotatable bonds is 3. The monoisotopic (exact) mass is 274 g/mol. The van der Waals surface area contributed by atoms with Crippen LogP contribution in [0.2, 0.25) is 0 Å². The van der Waals surface area contributed by atoms with Crippen molar-refractivity contribution >= 4 is 11.8 Å². The van der Waals surface area contributed by atoms with Gasteiger partial charge in [0.15, 0.2) is 0 Å². The van der Waals surface area contributed by atoms with Gasteiger partial charge in [-0.3, -0.25) is 9.69 Å². The van der Waals surface area contributed by atoms with Crippen LogP contribution in [0.15, 0.2) is 12.3 Å². The molecular weight excluding hydrogens is 256 g/mol. The Morgan fingerprint density at radius 3 is 2.95 bits per heavy atom. The summed E-state index contributed by atoms with van der Waals surface area (Å²) in [4.78, 5) is 19.1. The molecule has 0 atom stereocenters. The number of carboxylic acid groups (broad SMARTS) is 1. The van der Waals surface area contributed by atoms with E-state index in [9.17, 15) is 10.1 Å². The van der Waals surface area contributed by atoms with Crippen molar-refractivity contribution in [3.8, 4) is 6.07 Å². The van der Waals surface area contributed by atoms with Crippen LogP contribution in [0, 0.1) is 18.3 Å². The minimum atomic E-state index is -0.801. The Balaban J connectivity index is 2.13. The van der Waals surface area contributed by atoms with Crippen LogP contribution in [-0.2, 0) is 4.79 Å². The Hall–Kier alpha value is -2.13. The van der Waals surface area contributed by atoms with Gasteiger partial charge < -0.3 is 10.0 Å². The van der Waals surface area contributed by atoms with Gasteiger partial charge in [-0.15, -0.1) is 0 Å². The summed E-state index contributed by atoms with van der Waals surface area (Å²) in [6, 6.07) is 4.04. The van der Waals surface area contributed by atoms with E-state index in [0.29, 0.717) is 24.5 Å². The molecule has 1 saturated heterocycles. The maximum atomic E-state index is 10.8. The molecule has 6 heteroatoms. The highest BCUT2D eigenvalue weighted by Crippen LogP contribution is 2.21. The second-order valence-corrected chi connectivity index (χ2v) is 4.95. The lowest BCUT2D eigenvalue weighted by Crippen LogP contribution is -2.34. The molecule has 1 aromatic rings. The van der Waals surface area contributed by atoms with Gasteiger partial charge in [0.1, 0.15) is 11.9 Å². The number of aliphatic carboxylic acids is 1. The molecule has 106 valence electrons. The quantitative estimate of drug-likeness (QED) is 0.880. The highest BCUT2D eigenvalue weighted by molar-refractivity contribution is 5.69. The summed E-state index contributed by atoms with van der Waals surface area (Å²) in [7, 11) is 0. The fourth-order valence-electron chi connectivity index (χ4n) is 2.45. The van der Waals surface area contributed by atoms with E-state index in [-0.39, 0.29) is 6.54 Å². The Bertz CT molecular complexity index is 538. The Morgan fingerprint density at radius 2 is 2.25 bits per heavy atom. The van der Waals surface area contributed by atoms with E-state index < -0.39 is 5.97 Å². The molecule has 1 N–H and O–H groups in total. The predicted octanol–water partition coefficient (Wildman–Crippen LogP) is 0.858. The first kappa shape index (κ1) is 14.3. The van der Waals surface area contributed by atoms with E-state index in [4.69, 9.17) is 5.11 Å². The molecule has 0 unspecified atom stereocenters. The largest absolute Gasteiger partial charge is 0.480 e. The fraction of sp³-hybridized carbons (Fsp3) is 0.500. The lowest BCUT2D eigenvalue weighted by molar-refractivity contribution is -0.138. The van der Waals surface area contributed by atoms with Gasteiger partial charge in [-0.2, -0.15) is 5.26 Å². The molecule has 0 bridgehead atoms. The smallest absolute Gasteiger partial charge is 0.317 e. The third kappa shape index (κ3) is 3.25. The lowest BCUT2D eigenvalue weighted by atomic mass is 10.1. The first-order valence-electron chi connectivity index (χ1n) is 6.66. The maximum Gasteiger partial charge on any atom is 0.317 e. The number of pyridine rings is 1. The average Bonchev–Trinajstić information content (AvgIpc) is 2.63. The molecule has 20 heavy (non-hydrogen) atoms. The number of aromatic nitrogens is 1. The molecule has 1 fully saturated rings. The molecule has 0 saturated carbocycles. The molecule has 0 amide bonds. The average molecular weight is 274 g/mol. The van der Waals surface area contributed by atoms with Crippen LogP contribution in [0.25, 0.3) is 0 Å². The van der Waals surface area contributed by atoms with Gasteiger partial charge >= 0.3 is 5.97 Å². The van der Waals surface area contributed by atoms with Crippen LogP contribution in [0.5, 0.6) is 0 Å². The number of hydrogen-bond acceptors (Lipinski definition) is 5. The van der Waals surface area contributed by atoms with Crippen LogP contribution in [-0.4, -0.2) is 53.7 Å². The predicted molar refractivity (Wildman–Crippen MR) is 74.6 cm³/mol. The summed E-state index contributed by atoms with van der Waals surface area (Å²) in [5.41, 5.74) is 1.53. The first-order valence-corrected chi connectivity index (χ1v) is 6.66. The van der Waals surface area contributed by atoms with Gasteiger partial charge in [-0.05, 0) is 25.0 Å². The second-order valence-electron chi connectivity index (χ2n) is 4.95. The number of aryl methyl sites for hydroxylation is 1. The molecule has 2 rings (SSSR count). The Morgan fingerprint density at radius 1 is 1.45 bits per heavy atom. The molecule has 2 heterocycles. The number of carboxylic acids is 1. The van der Waals surface area contributed by atoms with Crippen LogP contribution in [0.3, 0.4) is 0 Å². The van der Waals surface area contributed by atoms with Crippen molar-refractivity contribution in [1.29, 1.82) is 5.26 Å². The normalized spacial score (nSPS) is 16.5. The van der Waals surface area contributed by atoms with Crippen molar-refractivity contribution in [3.05, 3.63) is 23.4 Å². The van der Waals surface area contributed by atoms with Gasteiger partial charge in [0.2, 0.25) is 0 Å². The number of hydrogen-bond donors (Lipinski definition) is 1. The summed E-state index contributed by atoms with van der Waals surface area (Å²) in [6.07, 6.45) is 2.58. The summed E-state index contributed by atoms with van der Waals surface area (Å²) in [5.74, 6) is -0.0884. The molecule has 0 spiro atoms. The topological polar surface area (TPSA) is 80.5 Å². The van der Waals surface area contributed by atoms with Crippen molar-refractivity contribution in [2.45, 2.75) is 13.3 Å². The summed E-state index contributed by atoms with van der Waals surface area (Å²) in [5, 5.41) is 18.1. The third-order valence-corrected chi connectivity index (χ3v) is 3.50. The molecule has 1 aliphatic rings. The Labute approximate surface area is 118 Å². The molecule has 0 aromatic carbocycles. The molecule has 0 aliphatic carbocycles. The standard InChI is InChI=1S/C14H18N4O2/c1-11-3-4-16-14(12(11)9-15)18-6-2-5-17(7-8-18)10-13(19)20/h3-4H,2,5-8,10H2,1H3,(H,19,20). The molecule has 6 nitrogen and oxygen atoms in total. The highest BCUT2D eigenvalue weighted by Gasteiger charge is 2.20. The van der Waals surface area contributed by atoms with E-state index in [1.807, 2.05) is 17.9 Å².